The number of ether oxygens (including phenoxy) is 2. The first kappa shape index (κ1) is 15.4. The van der Waals surface area contributed by atoms with Gasteiger partial charge in [0.25, 0.3) is 0 Å². The van der Waals surface area contributed by atoms with Crippen LogP contribution in [0.25, 0.3) is 0 Å². The van der Waals surface area contributed by atoms with Gasteiger partial charge in [0.2, 0.25) is 0 Å². The Labute approximate surface area is 126 Å². The van der Waals surface area contributed by atoms with Crippen LogP contribution in [0.1, 0.15) is 31.0 Å². The molecule has 0 aliphatic rings. The van der Waals surface area contributed by atoms with Crippen LogP contribution in [0.4, 0.5) is 0 Å². The van der Waals surface area contributed by atoms with Crippen LogP contribution < -0.4 is 14.8 Å². The maximum atomic E-state index is 5.59. The first-order valence-electron chi connectivity index (χ1n) is 7.41. The summed E-state index contributed by atoms with van der Waals surface area (Å²) in [6, 6.07) is 16.5. The molecule has 0 saturated heterocycles. The second-order valence-electron chi connectivity index (χ2n) is 4.73. The molecule has 0 aromatic heterocycles. The third-order valence-corrected chi connectivity index (χ3v) is 3.29. The van der Waals surface area contributed by atoms with Crippen LogP contribution in [0.15, 0.2) is 48.5 Å². The van der Waals surface area contributed by atoms with Crippen LogP contribution >= 0.6 is 0 Å². The monoisotopic (exact) mass is 285 g/mol. The van der Waals surface area contributed by atoms with E-state index in [9.17, 15) is 0 Å². The molecule has 21 heavy (non-hydrogen) atoms. The third kappa shape index (κ3) is 3.99. The maximum absolute atomic E-state index is 5.59. The topological polar surface area (TPSA) is 30.5 Å². The Morgan fingerprint density at radius 1 is 0.857 bits per heavy atom. The standard InChI is InChI=1S/C18H23NO2/c1-4-20-16-10-6-8-14(12-16)18(19-3)15-9-7-11-17(13-15)21-5-2/h6-13,18-19H,4-5H2,1-3H3. The van der Waals surface area contributed by atoms with Gasteiger partial charge in [0.15, 0.2) is 0 Å². The van der Waals surface area contributed by atoms with Gasteiger partial charge in [0.05, 0.1) is 19.3 Å². The lowest BCUT2D eigenvalue weighted by Gasteiger charge is -2.19. The van der Waals surface area contributed by atoms with Gasteiger partial charge < -0.3 is 14.8 Å². The Kier molecular flexibility index (Phi) is 5.64. The van der Waals surface area contributed by atoms with Crippen LogP contribution in [0, 0.1) is 0 Å². The average molecular weight is 285 g/mol. The number of nitrogens with one attached hydrogen (secondary N) is 1. The van der Waals surface area contributed by atoms with Crippen molar-refractivity contribution in [3.05, 3.63) is 59.7 Å². The summed E-state index contributed by atoms with van der Waals surface area (Å²) in [7, 11) is 1.96. The minimum atomic E-state index is 0.116. The van der Waals surface area contributed by atoms with Crippen molar-refractivity contribution in [3.8, 4) is 11.5 Å². The SMILES string of the molecule is CCOc1cccc(C(NC)c2cccc(OCC)c2)c1. The highest BCUT2D eigenvalue weighted by atomic mass is 16.5. The summed E-state index contributed by atoms with van der Waals surface area (Å²) in [4.78, 5) is 0. The van der Waals surface area contributed by atoms with Gasteiger partial charge >= 0.3 is 0 Å². The summed E-state index contributed by atoms with van der Waals surface area (Å²) in [6.07, 6.45) is 0. The van der Waals surface area contributed by atoms with E-state index in [-0.39, 0.29) is 6.04 Å². The predicted octanol–water partition coefficient (Wildman–Crippen LogP) is 3.79. The zero-order chi connectivity index (χ0) is 15.1. The van der Waals surface area contributed by atoms with E-state index < -0.39 is 0 Å². The minimum absolute atomic E-state index is 0.116. The molecule has 0 atom stereocenters. The summed E-state index contributed by atoms with van der Waals surface area (Å²) in [5.74, 6) is 1.80. The highest BCUT2D eigenvalue weighted by molar-refractivity contribution is 5.39. The molecule has 1 N–H and O–H groups in total. The lowest BCUT2D eigenvalue weighted by Crippen LogP contribution is -2.17. The molecule has 3 heteroatoms. The van der Waals surface area contributed by atoms with Gasteiger partial charge in [-0.15, -0.1) is 0 Å². The van der Waals surface area contributed by atoms with E-state index in [1.54, 1.807) is 0 Å². The van der Waals surface area contributed by atoms with Crippen LogP contribution in [-0.2, 0) is 0 Å². The Bertz CT molecular complexity index is 519. The largest absolute Gasteiger partial charge is 0.494 e. The summed E-state index contributed by atoms with van der Waals surface area (Å²) in [5, 5.41) is 3.36. The minimum Gasteiger partial charge on any atom is -0.494 e. The van der Waals surface area contributed by atoms with E-state index in [0.717, 1.165) is 11.5 Å². The first-order chi connectivity index (χ1) is 10.3. The van der Waals surface area contributed by atoms with Crippen LogP contribution in [-0.4, -0.2) is 20.3 Å². The van der Waals surface area contributed by atoms with E-state index in [1.165, 1.54) is 11.1 Å². The fourth-order valence-electron chi connectivity index (χ4n) is 2.43. The van der Waals surface area contributed by atoms with Crippen LogP contribution in [0.3, 0.4) is 0 Å². The van der Waals surface area contributed by atoms with Gasteiger partial charge in [-0.3, -0.25) is 0 Å². The normalized spacial score (nSPS) is 10.7. The van der Waals surface area contributed by atoms with Crippen molar-refractivity contribution in [1.82, 2.24) is 5.32 Å². The predicted molar refractivity (Wildman–Crippen MR) is 86.1 cm³/mol. The van der Waals surface area contributed by atoms with Crippen molar-refractivity contribution in [2.75, 3.05) is 20.3 Å². The van der Waals surface area contributed by atoms with Gasteiger partial charge in [-0.1, -0.05) is 24.3 Å². The van der Waals surface area contributed by atoms with Gasteiger partial charge in [-0.25, -0.2) is 0 Å². The molecule has 0 amide bonds. The number of hydrogen-bond donors (Lipinski definition) is 1. The fourth-order valence-corrected chi connectivity index (χ4v) is 2.43. The molecule has 0 aliphatic carbocycles. The Morgan fingerprint density at radius 3 is 1.71 bits per heavy atom. The molecular weight excluding hydrogens is 262 g/mol. The second kappa shape index (κ2) is 7.70. The maximum Gasteiger partial charge on any atom is 0.119 e. The average Bonchev–Trinajstić information content (AvgIpc) is 2.50. The van der Waals surface area contributed by atoms with Crippen molar-refractivity contribution in [2.45, 2.75) is 19.9 Å². The van der Waals surface area contributed by atoms with Gasteiger partial charge in [-0.2, -0.15) is 0 Å². The highest BCUT2D eigenvalue weighted by Gasteiger charge is 2.13. The lowest BCUT2D eigenvalue weighted by atomic mass is 9.98. The fraction of sp³-hybridized carbons (Fsp3) is 0.333. The third-order valence-electron chi connectivity index (χ3n) is 3.29. The van der Waals surface area contributed by atoms with E-state index in [0.29, 0.717) is 13.2 Å². The molecule has 0 heterocycles. The summed E-state index contributed by atoms with van der Waals surface area (Å²) in [6.45, 7) is 5.34. The molecule has 0 unspecified atom stereocenters. The van der Waals surface area contributed by atoms with Gasteiger partial charge in [0, 0.05) is 0 Å². The zero-order valence-corrected chi connectivity index (χ0v) is 12.9. The van der Waals surface area contributed by atoms with E-state index in [4.69, 9.17) is 9.47 Å². The molecular formula is C18H23NO2. The summed E-state index contributed by atoms with van der Waals surface area (Å²) in [5.41, 5.74) is 2.36. The summed E-state index contributed by atoms with van der Waals surface area (Å²) < 4.78 is 11.2. The summed E-state index contributed by atoms with van der Waals surface area (Å²) >= 11 is 0. The molecule has 0 fully saturated rings. The molecule has 3 nitrogen and oxygen atoms in total. The van der Waals surface area contributed by atoms with Crippen LogP contribution in [0.2, 0.25) is 0 Å². The number of hydrogen-bond acceptors (Lipinski definition) is 3. The Balaban J connectivity index is 2.30. The smallest absolute Gasteiger partial charge is 0.119 e. The molecule has 2 aromatic carbocycles. The number of benzene rings is 2. The molecule has 0 spiro atoms. The van der Waals surface area contributed by atoms with Gasteiger partial charge in [-0.05, 0) is 56.3 Å². The zero-order valence-electron chi connectivity index (χ0n) is 12.9. The van der Waals surface area contributed by atoms with E-state index in [1.807, 2.05) is 45.2 Å². The first-order valence-corrected chi connectivity index (χ1v) is 7.41. The second-order valence-corrected chi connectivity index (χ2v) is 4.73. The molecule has 2 rings (SSSR count). The van der Waals surface area contributed by atoms with Crippen molar-refractivity contribution in [2.24, 2.45) is 0 Å². The molecule has 2 aromatic rings. The molecule has 112 valence electrons. The molecule has 0 saturated carbocycles. The van der Waals surface area contributed by atoms with Gasteiger partial charge in [0.1, 0.15) is 11.5 Å². The highest BCUT2D eigenvalue weighted by Crippen LogP contribution is 2.27. The van der Waals surface area contributed by atoms with Crippen molar-refractivity contribution in [3.63, 3.8) is 0 Å². The molecule has 0 radical (unpaired) electrons. The van der Waals surface area contributed by atoms with Crippen LogP contribution in [0.5, 0.6) is 11.5 Å². The Morgan fingerprint density at radius 2 is 1.33 bits per heavy atom. The van der Waals surface area contributed by atoms with Crippen molar-refractivity contribution >= 4 is 0 Å². The lowest BCUT2D eigenvalue weighted by molar-refractivity contribution is 0.339. The number of rotatable bonds is 7. The van der Waals surface area contributed by atoms with E-state index in [2.05, 4.69) is 29.6 Å². The van der Waals surface area contributed by atoms with Crippen molar-refractivity contribution < 1.29 is 9.47 Å². The van der Waals surface area contributed by atoms with E-state index >= 15 is 0 Å². The molecule has 0 aliphatic heterocycles. The Hall–Kier alpha value is -2.00. The molecule has 0 bridgehead atoms. The van der Waals surface area contributed by atoms with Crippen molar-refractivity contribution in [1.29, 1.82) is 0 Å². The quantitative estimate of drug-likeness (QED) is 0.839.